The summed E-state index contributed by atoms with van der Waals surface area (Å²) in [4.78, 5) is 20.4. The number of aromatic nitrogens is 1. The Labute approximate surface area is 163 Å². The van der Waals surface area contributed by atoms with Gasteiger partial charge in [0.15, 0.2) is 5.82 Å². The molecular formula is C20H28F3N3O2. The smallest absolute Gasteiger partial charge is 0.256 e. The molecule has 5 nitrogen and oxygen atoms in total. The fraction of sp³-hybridized carbons (Fsp3) is 0.700. The van der Waals surface area contributed by atoms with Crippen molar-refractivity contribution in [2.24, 2.45) is 5.92 Å². The van der Waals surface area contributed by atoms with Gasteiger partial charge in [0.05, 0.1) is 0 Å². The van der Waals surface area contributed by atoms with Crippen molar-refractivity contribution in [1.82, 2.24) is 14.8 Å². The highest BCUT2D eigenvalue weighted by atomic mass is 19.2. The van der Waals surface area contributed by atoms with Crippen molar-refractivity contribution < 1.29 is 22.7 Å². The second-order valence-corrected chi connectivity index (χ2v) is 8.01. The summed E-state index contributed by atoms with van der Waals surface area (Å²) in [6, 6.07) is 0.482. The van der Waals surface area contributed by atoms with E-state index >= 15 is 0 Å². The molecular weight excluding hydrogens is 371 g/mol. The van der Waals surface area contributed by atoms with E-state index in [2.05, 4.69) is 23.7 Å². The van der Waals surface area contributed by atoms with E-state index in [0.29, 0.717) is 31.7 Å². The number of halogens is 3. The number of piperazine rings is 1. The lowest BCUT2D eigenvalue weighted by Gasteiger charge is -2.39. The van der Waals surface area contributed by atoms with Crippen LogP contribution in [0.15, 0.2) is 0 Å². The number of nitrogens with zero attached hydrogens (tertiary/aromatic N) is 3. The third kappa shape index (κ3) is 4.42. The van der Waals surface area contributed by atoms with Gasteiger partial charge >= 0.3 is 0 Å². The van der Waals surface area contributed by atoms with Gasteiger partial charge in [-0.1, -0.05) is 0 Å². The largest absolute Gasteiger partial charge is 0.472 e. The molecule has 2 fully saturated rings. The van der Waals surface area contributed by atoms with Gasteiger partial charge in [0.2, 0.25) is 17.7 Å². The number of carbonyl (C=O) groups excluding carboxylic acids is 1. The highest BCUT2D eigenvalue weighted by Gasteiger charge is 2.33. The van der Waals surface area contributed by atoms with Gasteiger partial charge in [-0.2, -0.15) is 13.8 Å². The van der Waals surface area contributed by atoms with Gasteiger partial charge in [-0.15, -0.1) is 0 Å². The summed E-state index contributed by atoms with van der Waals surface area (Å²) in [6.07, 6.45) is 1.89. The molecule has 8 heteroatoms. The third-order valence-electron chi connectivity index (χ3n) is 5.88. The number of pyridine rings is 1. The lowest BCUT2D eigenvalue weighted by Crippen LogP contribution is -2.52. The lowest BCUT2D eigenvalue weighted by molar-refractivity contribution is -0.139. The highest BCUT2D eigenvalue weighted by Crippen LogP contribution is 2.30. The zero-order valence-corrected chi connectivity index (χ0v) is 16.7. The van der Waals surface area contributed by atoms with E-state index in [1.54, 1.807) is 0 Å². The van der Waals surface area contributed by atoms with Crippen LogP contribution in [0.2, 0.25) is 0 Å². The molecule has 156 valence electrons. The number of hydrogen-bond acceptors (Lipinski definition) is 4. The van der Waals surface area contributed by atoms with E-state index in [-0.39, 0.29) is 11.8 Å². The van der Waals surface area contributed by atoms with Gasteiger partial charge in [0.1, 0.15) is 6.10 Å². The molecule has 1 aromatic rings. The maximum atomic E-state index is 13.9. The number of ether oxygens (including phenoxy) is 1. The average Bonchev–Trinajstić information content (AvgIpc) is 2.70. The van der Waals surface area contributed by atoms with Crippen LogP contribution in [0, 0.1) is 30.4 Å². The molecule has 1 saturated carbocycles. The molecule has 0 atom stereocenters. The number of rotatable bonds is 4. The van der Waals surface area contributed by atoms with Crippen molar-refractivity contribution >= 4 is 5.91 Å². The summed E-state index contributed by atoms with van der Waals surface area (Å²) in [7, 11) is 0. The Morgan fingerprint density at radius 2 is 1.64 bits per heavy atom. The van der Waals surface area contributed by atoms with E-state index in [1.807, 2.05) is 4.90 Å². The fourth-order valence-electron chi connectivity index (χ4n) is 3.95. The van der Waals surface area contributed by atoms with Gasteiger partial charge in [-0.05, 0) is 46.5 Å². The Balaban J connectivity index is 1.52. The van der Waals surface area contributed by atoms with Gasteiger partial charge in [-0.3, -0.25) is 9.69 Å². The first-order valence-corrected chi connectivity index (χ1v) is 9.98. The van der Waals surface area contributed by atoms with Crippen LogP contribution in [0.3, 0.4) is 0 Å². The maximum Gasteiger partial charge on any atom is 0.256 e. The molecule has 0 spiro atoms. The molecule has 0 radical (unpaired) electrons. The van der Waals surface area contributed by atoms with Crippen LogP contribution in [-0.2, 0) is 4.79 Å². The van der Waals surface area contributed by atoms with Crippen molar-refractivity contribution in [3.05, 3.63) is 23.1 Å². The first-order chi connectivity index (χ1) is 13.3. The molecule has 1 amide bonds. The Morgan fingerprint density at radius 3 is 2.21 bits per heavy atom. The molecule has 0 aromatic carbocycles. The molecule has 2 aliphatic rings. The molecule has 0 bridgehead atoms. The molecule has 0 N–H and O–H groups in total. The average molecular weight is 399 g/mol. The third-order valence-corrected chi connectivity index (χ3v) is 5.88. The van der Waals surface area contributed by atoms with Gasteiger partial charge in [0, 0.05) is 43.7 Å². The summed E-state index contributed by atoms with van der Waals surface area (Å²) >= 11 is 0. The van der Waals surface area contributed by atoms with Gasteiger partial charge < -0.3 is 9.64 Å². The first-order valence-electron chi connectivity index (χ1n) is 9.98. The van der Waals surface area contributed by atoms with E-state index in [4.69, 9.17) is 4.74 Å². The van der Waals surface area contributed by atoms with Crippen LogP contribution in [0.4, 0.5) is 13.2 Å². The summed E-state index contributed by atoms with van der Waals surface area (Å²) in [6.45, 7) is 8.69. The van der Waals surface area contributed by atoms with E-state index in [9.17, 15) is 18.0 Å². The lowest BCUT2D eigenvalue weighted by atomic mass is 9.86. The molecule has 1 aliphatic heterocycles. The Morgan fingerprint density at radius 1 is 1.04 bits per heavy atom. The molecule has 1 aromatic heterocycles. The first kappa shape index (κ1) is 20.9. The SMILES string of the molecule is Cc1c(F)nc(OC2CCC(C(=O)N3CCN(C(C)C)CC3)CC2)c(F)c1F. The van der Waals surface area contributed by atoms with Crippen LogP contribution in [0.25, 0.3) is 0 Å². The fourth-order valence-corrected chi connectivity index (χ4v) is 3.95. The summed E-state index contributed by atoms with van der Waals surface area (Å²) in [5.74, 6) is -4.15. The summed E-state index contributed by atoms with van der Waals surface area (Å²) < 4.78 is 46.6. The number of amides is 1. The van der Waals surface area contributed by atoms with Crippen molar-refractivity contribution in [3.63, 3.8) is 0 Å². The number of hydrogen-bond donors (Lipinski definition) is 0. The standard InChI is InChI=1S/C20H28F3N3O2/c1-12(2)25-8-10-26(11-9-25)20(27)14-4-6-15(7-5-14)28-19-17(22)16(21)13(3)18(23)24-19/h12,14-15H,4-11H2,1-3H3. The maximum absolute atomic E-state index is 13.9. The monoisotopic (exact) mass is 399 g/mol. The molecule has 2 heterocycles. The van der Waals surface area contributed by atoms with Crippen LogP contribution < -0.4 is 4.74 Å². The normalized spacial score (nSPS) is 23.9. The predicted octanol–water partition coefficient (Wildman–Crippen LogP) is 3.30. The predicted molar refractivity (Wildman–Crippen MR) is 98.5 cm³/mol. The Hall–Kier alpha value is -1.83. The number of carbonyl (C=O) groups is 1. The molecule has 28 heavy (non-hydrogen) atoms. The topological polar surface area (TPSA) is 45.7 Å². The van der Waals surface area contributed by atoms with Crippen LogP contribution in [-0.4, -0.2) is 59.0 Å². The van der Waals surface area contributed by atoms with Crippen LogP contribution in [0.1, 0.15) is 45.1 Å². The molecule has 1 saturated heterocycles. The second-order valence-electron chi connectivity index (χ2n) is 8.01. The summed E-state index contributed by atoms with van der Waals surface area (Å²) in [5, 5.41) is 0. The molecule has 0 unspecified atom stereocenters. The van der Waals surface area contributed by atoms with E-state index < -0.39 is 35.1 Å². The van der Waals surface area contributed by atoms with Gasteiger partial charge in [0.25, 0.3) is 5.88 Å². The zero-order valence-electron chi connectivity index (χ0n) is 16.7. The minimum Gasteiger partial charge on any atom is -0.472 e. The van der Waals surface area contributed by atoms with Crippen molar-refractivity contribution in [3.8, 4) is 5.88 Å². The molecule has 1 aliphatic carbocycles. The van der Waals surface area contributed by atoms with Crippen LogP contribution in [0.5, 0.6) is 5.88 Å². The highest BCUT2D eigenvalue weighted by molar-refractivity contribution is 5.79. The van der Waals surface area contributed by atoms with Crippen LogP contribution >= 0.6 is 0 Å². The van der Waals surface area contributed by atoms with E-state index in [0.717, 1.165) is 33.1 Å². The van der Waals surface area contributed by atoms with Crippen molar-refractivity contribution in [2.75, 3.05) is 26.2 Å². The Bertz CT molecular complexity index is 713. The van der Waals surface area contributed by atoms with Crippen molar-refractivity contribution in [1.29, 1.82) is 0 Å². The minimum atomic E-state index is -1.27. The molecule has 3 rings (SSSR count). The second kappa shape index (κ2) is 8.68. The zero-order chi connectivity index (χ0) is 20.4. The van der Waals surface area contributed by atoms with Crippen molar-refractivity contribution in [2.45, 2.75) is 58.6 Å². The van der Waals surface area contributed by atoms with E-state index in [1.165, 1.54) is 0 Å². The minimum absolute atomic E-state index is 0.0743. The quantitative estimate of drug-likeness (QED) is 0.729. The van der Waals surface area contributed by atoms with Gasteiger partial charge in [-0.25, -0.2) is 4.39 Å². The Kier molecular flexibility index (Phi) is 6.47. The summed E-state index contributed by atoms with van der Waals surface area (Å²) in [5.41, 5.74) is -0.461.